The summed E-state index contributed by atoms with van der Waals surface area (Å²) in [6.07, 6.45) is 2.85. The second kappa shape index (κ2) is 6.45. The van der Waals surface area contributed by atoms with Crippen molar-refractivity contribution in [3.63, 3.8) is 0 Å². The maximum absolute atomic E-state index is 12.4. The van der Waals surface area contributed by atoms with Crippen LogP contribution in [-0.2, 0) is 16.9 Å². The van der Waals surface area contributed by atoms with Crippen molar-refractivity contribution in [2.75, 3.05) is 44.7 Å². The van der Waals surface area contributed by atoms with E-state index in [2.05, 4.69) is 25.9 Å². The highest BCUT2D eigenvalue weighted by Gasteiger charge is 2.25. The smallest absolute Gasteiger partial charge is 0.273 e. The molecule has 0 radical (unpaired) electrons. The maximum atomic E-state index is 12.4. The van der Waals surface area contributed by atoms with Crippen LogP contribution in [0.15, 0.2) is 10.7 Å². The number of amides is 1. The van der Waals surface area contributed by atoms with Gasteiger partial charge in [0.05, 0.1) is 16.4 Å². The summed E-state index contributed by atoms with van der Waals surface area (Å²) < 4.78 is 24.6. The first-order valence-corrected chi connectivity index (χ1v) is 9.50. The van der Waals surface area contributed by atoms with Crippen LogP contribution in [0.5, 0.6) is 0 Å². The molecule has 0 atom stereocenters. The van der Waals surface area contributed by atoms with Crippen LogP contribution in [0.25, 0.3) is 0 Å². The van der Waals surface area contributed by atoms with E-state index in [1.807, 2.05) is 0 Å². The van der Waals surface area contributed by atoms with Crippen molar-refractivity contribution in [3.05, 3.63) is 16.4 Å². The largest absolute Gasteiger partial charge is 0.335 e. The van der Waals surface area contributed by atoms with Gasteiger partial charge in [-0.1, -0.05) is 0 Å². The normalized spacial score (nSPS) is 17.2. The molecule has 2 heterocycles. The molecule has 1 saturated heterocycles. The minimum atomic E-state index is -2.94. The van der Waals surface area contributed by atoms with Crippen LogP contribution in [0.2, 0.25) is 0 Å². The number of halogens is 1. The molecular formula is C12H19BrN4O3S. The molecule has 1 aromatic heterocycles. The van der Waals surface area contributed by atoms with Crippen molar-refractivity contribution in [2.45, 2.75) is 0 Å². The lowest BCUT2D eigenvalue weighted by molar-refractivity contribution is 0.0632. The van der Waals surface area contributed by atoms with Crippen LogP contribution in [0.4, 0.5) is 0 Å². The van der Waals surface area contributed by atoms with E-state index in [0.29, 0.717) is 42.9 Å². The topological polar surface area (TPSA) is 75.5 Å². The van der Waals surface area contributed by atoms with Crippen molar-refractivity contribution in [3.8, 4) is 0 Å². The number of rotatable bonds is 4. The highest BCUT2D eigenvalue weighted by atomic mass is 79.9. The fraction of sp³-hybridized carbons (Fsp3) is 0.667. The molecular weight excluding hydrogens is 360 g/mol. The van der Waals surface area contributed by atoms with E-state index in [9.17, 15) is 13.2 Å². The summed E-state index contributed by atoms with van der Waals surface area (Å²) in [6.45, 7) is 3.10. The first kappa shape index (κ1) is 16.4. The van der Waals surface area contributed by atoms with E-state index in [0.717, 1.165) is 0 Å². The van der Waals surface area contributed by atoms with Gasteiger partial charge in [0, 0.05) is 46.0 Å². The van der Waals surface area contributed by atoms with Crippen molar-refractivity contribution < 1.29 is 13.2 Å². The fourth-order valence-electron chi connectivity index (χ4n) is 2.27. The highest BCUT2D eigenvalue weighted by molar-refractivity contribution is 9.10. The number of hydrogen-bond acceptors (Lipinski definition) is 5. The van der Waals surface area contributed by atoms with Crippen molar-refractivity contribution in [1.82, 2.24) is 19.6 Å². The first-order chi connectivity index (χ1) is 9.78. The first-order valence-electron chi connectivity index (χ1n) is 6.65. The Morgan fingerprint density at radius 3 is 2.43 bits per heavy atom. The monoisotopic (exact) mass is 378 g/mol. The van der Waals surface area contributed by atoms with Crippen LogP contribution in [-0.4, -0.2) is 78.6 Å². The van der Waals surface area contributed by atoms with Gasteiger partial charge in [-0.2, -0.15) is 5.10 Å². The molecule has 118 valence electrons. The zero-order valence-corrected chi connectivity index (χ0v) is 14.5. The second-order valence-corrected chi connectivity index (χ2v) is 8.34. The highest BCUT2D eigenvalue weighted by Crippen LogP contribution is 2.18. The fourth-order valence-corrected chi connectivity index (χ4v) is 3.38. The van der Waals surface area contributed by atoms with Crippen molar-refractivity contribution in [1.29, 1.82) is 0 Å². The van der Waals surface area contributed by atoms with E-state index in [4.69, 9.17) is 0 Å². The van der Waals surface area contributed by atoms with Crippen molar-refractivity contribution in [2.24, 2.45) is 7.05 Å². The Bertz CT molecular complexity index is 601. The summed E-state index contributed by atoms with van der Waals surface area (Å²) in [5.41, 5.74) is 0.541. The Kier molecular flexibility index (Phi) is 5.05. The number of aryl methyl sites for hydroxylation is 1. The standard InChI is InChI=1S/C12H19BrN4O3S/c1-15-11(10(13)9-14-15)12(18)17-5-3-16(4-6-17)7-8-21(2,19)20/h9H,3-8H2,1-2H3. The van der Waals surface area contributed by atoms with Gasteiger partial charge >= 0.3 is 0 Å². The van der Waals surface area contributed by atoms with Gasteiger partial charge in [0.25, 0.3) is 5.91 Å². The number of hydrogen-bond donors (Lipinski definition) is 0. The Morgan fingerprint density at radius 1 is 1.33 bits per heavy atom. The summed E-state index contributed by atoms with van der Waals surface area (Å²) >= 11 is 3.33. The lowest BCUT2D eigenvalue weighted by Crippen LogP contribution is -2.50. The second-order valence-electron chi connectivity index (χ2n) is 5.23. The third-order valence-corrected chi connectivity index (χ3v) is 5.04. The molecule has 1 aliphatic heterocycles. The molecule has 0 N–H and O–H groups in total. The Hall–Kier alpha value is -0.930. The maximum Gasteiger partial charge on any atom is 0.273 e. The lowest BCUT2D eigenvalue weighted by Gasteiger charge is -2.34. The van der Waals surface area contributed by atoms with E-state index >= 15 is 0 Å². The van der Waals surface area contributed by atoms with Crippen LogP contribution in [0.1, 0.15) is 10.5 Å². The van der Waals surface area contributed by atoms with Gasteiger partial charge in [-0.3, -0.25) is 14.4 Å². The summed E-state index contributed by atoms with van der Waals surface area (Å²) in [7, 11) is -1.20. The molecule has 0 bridgehead atoms. The number of carbonyl (C=O) groups excluding carboxylic acids is 1. The van der Waals surface area contributed by atoms with E-state index in [1.165, 1.54) is 6.26 Å². The van der Waals surface area contributed by atoms with Crippen LogP contribution >= 0.6 is 15.9 Å². The SMILES string of the molecule is Cn1ncc(Br)c1C(=O)N1CCN(CCS(C)(=O)=O)CC1. The van der Waals surface area contributed by atoms with Gasteiger partial charge in [-0.25, -0.2) is 8.42 Å². The molecule has 9 heteroatoms. The summed E-state index contributed by atoms with van der Waals surface area (Å²) in [6, 6.07) is 0. The third kappa shape index (κ3) is 4.27. The quantitative estimate of drug-likeness (QED) is 0.736. The molecule has 1 fully saturated rings. The van der Waals surface area contributed by atoms with Gasteiger partial charge in [-0.05, 0) is 15.9 Å². The number of carbonyl (C=O) groups is 1. The van der Waals surface area contributed by atoms with Crippen LogP contribution in [0.3, 0.4) is 0 Å². The molecule has 0 saturated carbocycles. The number of nitrogens with zero attached hydrogens (tertiary/aromatic N) is 4. The summed E-state index contributed by atoms with van der Waals surface area (Å²) in [4.78, 5) is 16.3. The Balaban J connectivity index is 1.91. The molecule has 1 aromatic rings. The zero-order valence-electron chi connectivity index (χ0n) is 12.1. The summed E-state index contributed by atoms with van der Waals surface area (Å²) in [5, 5.41) is 4.05. The van der Waals surface area contributed by atoms with Crippen LogP contribution < -0.4 is 0 Å². The van der Waals surface area contributed by atoms with Gasteiger partial charge < -0.3 is 4.90 Å². The molecule has 1 aliphatic rings. The molecule has 0 spiro atoms. The molecule has 2 rings (SSSR count). The predicted molar refractivity (Wildman–Crippen MR) is 83.0 cm³/mol. The number of sulfone groups is 1. The predicted octanol–water partition coefficient (Wildman–Crippen LogP) is -0.0150. The molecule has 0 aromatic carbocycles. The average molecular weight is 379 g/mol. The van der Waals surface area contributed by atoms with Gasteiger partial charge in [0.2, 0.25) is 0 Å². The number of aromatic nitrogens is 2. The third-order valence-electron chi connectivity index (χ3n) is 3.53. The lowest BCUT2D eigenvalue weighted by atomic mass is 10.2. The molecule has 1 amide bonds. The minimum absolute atomic E-state index is 0.0513. The van der Waals surface area contributed by atoms with Crippen LogP contribution in [0, 0.1) is 0 Å². The molecule has 7 nitrogen and oxygen atoms in total. The summed E-state index contributed by atoms with van der Waals surface area (Å²) in [5.74, 6) is 0.110. The Morgan fingerprint density at radius 2 is 1.95 bits per heavy atom. The molecule has 21 heavy (non-hydrogen) atoms. The van der Waals surface area contributed by atoms with Gasteiger partial charge in [-0.15, -0.1) is 0 Å². The molecule has 0 aliphatic carbocycles. The zero-order chi connectivity index (χ0) is 15.6. The minimum Gasteiger partial charge on any atom is -0.335 e. The van der Waals surface area contributed by atoms with Gasteiger partial charge in [0.15, 0.2) is 0 Å². The van der Waals surface area contributed by atoms with E-state index in [1.54, 1.807) is 22.8 Å². The number of piperazine rings is 1. The Labute approximate surface area is 132 Å². The van der Waals surface area contributed by atoms with E-state index in [-0.39, 0.29) is 11.7 Å². The molecule has 0 unspecified atom stereocenters. The average Bonchev–Trinajstić information content (AvgIpc) is 2.75. The van der Waals surface area contributed by atoms with Gasteiger partial charge in [0.1, 0.15) is 15.5 Å². The van der Waals surface area contributed by atoms with Crippen molar-refractivity contribution >= 4 is 31.7 Å². The van der Waals surface area contributed by atoms with E-state index < -0.39 is 9.84 Å².